The molecule has 0 radical (unpaired) electrons. The molecule has 1 saturated heterocycles. The summed E-state index contributed by atoms with van der Waals surface area (Å²) in [7, 11) is 0. The molecular formula is C21H23NO2. The van der Waals surface area contributed by atoms with Crippen LogP contribution in [-0.4, -0.2) is 37.7 Å². The van der Waals surface area contributed by atoms with E-state index in [1.54, 1.807) is 0 Å². The largest absolute Gasteiger partial charge is 0.456 e. The Morgan fingerprint density at radius 3 is 2.46 bits per heavy atom. The van der Waals surface area contributed by atoms with E-state index >= 15 is 0 Å². The van der Waals surface area contributed by atoms with E-state index in [0.717, 1.165) is 49.9 Å². The van der Waals surface area contributed by atoms with Crippen molar-refractivity contribution in [1.29, 1.82) is 0 Å². The minimum absolute atomic E-state index is 0.355. The molecule has 2 aromatic carbocycles. The summed E-state index contributed by atoms with van der Waals surface area (Å²) >= 11 is 0. The van der Waals surface area contributed by atoms with Crippen molar-refractivity contribution in [2.75, 3.05) is 32.8 Å². The fraction of sp³-hybridized carbons (Fsp3) is 0.333. The molecule has 0 amide bonds. The molecular weight excluding hydrogens is 298 g/mol. The predicted octanol–water partition coefficient (Wildman–Crippen LogP) is 3.93. The van der Waals surface area contributed by atoms with Gasteiger partial charge in [-0.15, -0.1) is 0 Å². The number of hydrogen-bond acceptors (Lipinski definition) is 3. The van der Waals surface area contributed by atoms with Gasteiger partial charge in [-0.1, -0.05) is 55.5 Å². The Morgan fingerprint density at radius 1 is 0.958 bits per heavy atom. The Hall–Kier alpha value is -2.10. The van der Waals surface area contributed by atoms with E-state index in [9.17, 15) is 0 Å². The van der Waals surface area contributed by atoms with Crippen molar-refractivity contribution in [2.24, 2.45) is 0 Å². The van der Waals surface area contributed by atoms with Gasteiger partial charge in [0, 0.05) is 36.7 Å². The quantitative estimate of drug-likeness (QED) is 0.855. The van der Waals surface area contributed by atoms with Gasteiger partial charge < -0.3 is 9.47 Å². The van der Waals surface area contributed by atoms with Crippen LogP contribution >= 0.6 is 0 Å². The monoisotopic (exact) mass is 321 g/mol. The standard InChI is InChI=1S/C21H23NO2/c1-16-18-9-5-6-10-20(18)24-21(17-7-3-2-4-8-17)19(16)15-22-11-13-23-14-12-22/h2-10,16H,11-15H2,1H3. The third-order valence-corrected chi connectivity index (χ3v) is 4.95. The molecule has 0 saturated carbocycles. The van der Waals surface area contributed by atoms with Crippen molar-refractivity contribution in [3.8, 4) is 5.75 Å². The number of fused-ring (bicyclic) bond motifs is 1. The number of morpholine rings is 1. The highest BCUT2D eigenvalue weighted by molar-refractivity contribution is 5.70. The number of hydrogen-bond donors (Lipinski definition) is 0. The van der Waals surface area contributed by atoms with E-state index in [4.69, 9.17) is 9.47 Å². The summed E-state index contributed by atoms with van der Waals surface area (Å²) in [5.41, 5.74) is 3.80. The smallest absolute Gasteiger partial charge is 0.135 e. The highest BCUT2D eigenvalue weighted by atomic mass is 16.5. The second kappa shape index (κ2) is 6.80. The van der Waals surface area contributed by atoms with E-state index in [-0.39, 0.29) is 0 Å². The van der Waals surface area contributed by atoms with Gasteiger partial charge in [0.15, 0.2) is 0 Å². The van der Waals surface area contributed by atoms with Gasteiger partial charge in [0.2, 0.25) is 0 Å². The lowest BCUT2D eigenvalue weighted by Crippen LogP contribution is -2.38. The first kappa shape index (κ1) is 15.4. The molecule has 2 aliphatic heterocycles. The molecule has 3 heteroatoms. The lowest BCUT2D eigenvalue weighted by Gasteiger charge is -2.34. The van der Waals surface area contributed by atoms with Gasteiger partial charge in [0.05, 0.1) is 13.2 Å². The Labute approximate surface area is 143 Å². The van der Waals surface area contributed by atoms with Gasteiger partial charge >= 0.3 is 0 Å². The highest BCUT2D eigenvalue weighted by Crippen LogP contribution is 2.42. The zero-order valence-corrected chi connectivity index (χ0v) is 14.1. The average molecular weight is 321 g/mol. The van der Waals surface area contributed by atoms with Crippen molar-refractivity contribution in [3.63, 3.8) is 0 Å². The summed E-state index contributed by atoms with van der Waals surface area (Å²) in [5, 5.41) is 0. The summed E-state index contributed by atoms with van der Waals surface area (Å²) < 4.78 is 11.9. The SMILES string of the molecule is CC1C(CN2CCOCC2)=C(c2ccccc2)Oc2ccccc21. The maximum Gasteiger partial charge on any atom is 0.135 e. The van der Waals surface area contributed by atoms with Crippen molar-refractivity contribution in [2.45, 2.75) is 12.8 Å². The fourth-order valence-corrected chi connectivity index (χ4v) is 3.53. The summed E-state index contributed by atoms with van der Waals surface area (Å²) in [4.78, 5) is 2.47. The van der Waals surface area contributed by atoms with Gasteiger partial charge in [-0.25, -0.2) is 0 Å². The van der Waals surface area contributed by atoms with Crippen molar-refractivity contribution >= 4 is 5.76 Å². The average Bonchev–Trinajstić information content (AvgIpc) is 2.65. The van der Waals surface area contributed by atoms with Gasteiger partial charge in [-0.3, -0.25) is 4.90 Å². The van der Waals surface area contributed by atoms with E-state index < -0.39 is 0 Å². The normalized spacial score (nSPS) is 21.3. The fourth-order valence-electron chi connectivity index (χ4n) is 3.53. The topological polar surface area (TPSA) is 21.7 Å². The lowest BCUT2D eigenvalue weighted by molar-refractivity contribution is 0.0416. The van der Waals surface area contributed by atoms with E-state index in [1.165, 1.54) is 11.1 Å². The zero-order valence-electron chi connectivity index (χ0n) is 14.1. The molecule has 124 valence electrons. The third-order valence-electron chi connectivity index (χ3n) is 4.95. The molecule has 3 nitrogen and oxygen atoms in total. The summed E-state index contributed by atoms with van der Waals surface area (Å²) in [6.07, 6.45) is 0. The Balaban J connectivity index is 1.74. The molecule has 1 unspecified atom stereocenters. The second-order valence-corrected chi connectivity index (χ2v) is 6.47. The van der Waals surface area contributed by atoms with Crippen LogP contribution in [0.5, 0.6) is 5.75 Å². The maximum atomic E-state index is 6.36. The third kappa shape index (κ3) is 2.97. The van der Waals surface area contributed by atoms with E-state index in [0.29, 0.717) is 5.92 Å². The van der Waals surface area contributed by atoms with Crippen molar-refractivity contribution in [1.82, 2.24) is 4.90 Å². The number of rotatable bonds is 3. The van der Waals surface area contributed by atoms with Gasteiger partial charge in [-0.2, -0.15) is 0 Å². The molecule has 0 N–H and O–H groups in total. The molecule has 0 aliphatic carbocycles. The van der Waals surface area contributed by atoms with E-state index in [1.807, 2.05) is 12.1 Å². The molecule has 2 aliphatic rings. The summed E-state index contributed by atoms with van der Waals surface area (Å²) in [6, 6.07) is 18.9. The van der Waals surface area contributed by atoms with Crippen LogP contribution in [0.4, 0.5) is 0 Å². The molecule has 24 heavy (non-hydrogen) atoms. The van der Waals surface area contributed by atoms with Gasteiger partial charge in [0.25, 0.3) is 0 Å². The van der Waals surface area contributed by atoms with Gasteiger partial charge in [-0.05, 0) is 11.6 Å². The van der Waals surface area contributed by atoms with Gasteiger partial charge in [0.1, 0.15) is 11.5 Å². The highest BCUT2D eigenvalue weighted by Gasteiger charge is 2.28. The zero-order chi connectivity index (χ0) is 16.4. The van der Waals surface area contributed by atoms with Crippen LogP contribution in [0.25, 0.3) is 5.76 Å². The van der Waals surface area contributed by atoms with Crippen LogP contribution < -0.4 is 4.74 Å². The first-order chi connectivity index (χ1) is 11.8. The van der Waals surface area contributed by atoms with E-state index in [2.05, 4.69) is 54.3 Å². The molecule has 2 heterocycles. The molecule has 2 aromatic rings. The lowest BCUT2D eigenvalue weighted by atomic mass is 9.87. The molecule has 0 bridgehead atoms. The number of para-hydroxylation sites is 1. The second-order valence-electron chi connectivity index (χ2n) is 6.47. The number of ether oxygens (including phenoxy) is 2. The maximum absolute atomic E-state index is 6.36. The summed E-state index contributed by atoms with van der Waals surface area (Å²) in [6.45, 7) is 6.84. The summed E-state index contributed by atoms with van der Waals surface area (Å²) in [5.74, 6) is 2.36. The van der Waals surface area contributed by atoms with Crippen molar-refractivity contribution < 1.29 is 9.47 Å². The molecule has 0 spiro atoms. The first-order valence-electron chi connectivity index (χ1n) is 8.68. The predicted molar refractivity (Wildman–Crippen MR) is 96.1 cm³/mol. The van der Waals surface area contributed by atoms with Crippen LogP contribution in [0.2, 0.25) is 0 Å². The minimum atomic E-state index is 0.355. The Morgan fingerprint density at radius 2 is 1.67 bits per heavy atom. The number of nitrogens with zero attached hydrogens (tertiary/aromatic N) is 1. The van der Waals surface area contributed by atoms with Crippen LogP contribution in [-0.2, 0) is 4.74 Å². The Kier molecular flexibility index (Phi) is 4.37. The Bertz CT molecular complexity index is 733. The molecule has 1 fully saturated rings. The van der Waals surface area contributed by atoms with Crippen molar-refractivity contribution in [3.05, 3.63) is 71.3 Å². The van der Waals surface area contributed by atoms with Crippen LogP contribution in [0, 0.1) is 0 Å². The number of benzene rings is 2. The minimum Gasteiger partial charge on any atom is -0.456 e. The van der Waals surface area contributed by atoms with Crippen LogP contribution in [0.3, 0.4) is 0 Å². The molecule has 0 aromatic heterocycles. The van der Waals surface area contributed by atoms with Crippen LogP contribution in [0.15, 0.2) is 60.2 Å². The van der Waals surface area contributed by atoms with Crippen LogP contribution in [0.1, 0.15) is 24.0 Å². The molecule has 4 rings (SSSR count). The first-order valence-corrected chi connectivity index (χ1v) is 8.68. The molecule has 1 atom stereocenters.